The maximum Gasteiger partial charge on any atom is 0.419 e. The molecule has 3 aliphatic rings. The van der Waals surface area contributed by atoms with E-state index in [0.717, 1.165) is 22.8 Å². The second-order valence-corrected chi connectivity index (χ2v) is 17.3. The second kappa shape index (κ2) is 17.6. The SMILES string of the molecule is COc1cc(-c2nccc(-c3cccc4c3CCC[C@@H]4Nc3nc(OC)c(CNC4(C(=O)O)CC4)cc3C(F)(F)F)c2Cl)ccc1CN(C[C@@H]1CCC(=O)N1)C(=O)OC(C)(C)C. The van der Waals surface area contributed by atoms with Gasteiger partial charge in [0, 0.05) is 54.0 Å². The topological polar surface area (TPSA) is 164 Å². The van der Waals surface area contributed by atoms with Gasteiger partial charge in [0.25, 0.3) is 0 Å². The number of hydrogen-bond acceptors (Lipinski definition) is 10. The number of fused-ring (bicyclic) bond motifs is 1. The van der Waals surface area contributed by atoms with E-state index in [1.54, 1.807) is 37.9 Å². The Morgan fingerprint density at radius 1 is 1.02 bits per heavy atom. The van der Waals surface area contributed by atoms with E-state index < -0.39 is 41.0 Å². The number of aromatic nitrogens is 2. The number of rotatable bonds is 14. The third kappa shape index (κ3) is 9.71. The number of halogens is 4. The van der Waals surface area contributed by atoms with Gasteiger partial charge in [0.2, 0.25) is 11.8 Å². The third-order valence-corrected chi connectivity index (χ3v) is 11.8. The van der Waals surface area contributed by atoms with Gasteiger partial charge >= 0.3 is 18.2 Å². The molecule has 2 aliphatic carbocycles. The summed E-state index contributed by atoms with van der Waals surface area (Å²) in [5.41, 5.74) is 2.28. The van der Waals surface area contributed by atoms with Crippen LogP contribution in [0.25, 0.3) is 22.4 Å². The molecule has 17 heteroatoms. The zero-order valence-electron chi connectivity index (χ0n) is 35.2. The van der Waals surface area contributed by atoms with Gasteiger partial charge in [-0.25, -0.2) is 4.79 Å². The molecule has 1 saturated carbocycles. The zero-order chi connectivity index (χ0) is 44.6. The molecule has 2 aromatic heterocycles. The predicted octanol–water partition coefficient (Wildman–Crippen LogP) is 8.71. The highest BCUT2D eigenvalue weighted by molar-refractivity contribution is 6.35. The fourth-order valence-corrected chi connectivity index (χ4v) is 8.45. The summed E-state index contributed by atoms with van der Waals surface area (Å²) in [6.45, 7) is 5.62. The lowest BCUT2D eigenvalue weighted by Gasteiger charge is -2.30. The van der Waals surface area contributed by atoms with Crippen LogP contribution in [-0.4, -0.2) is 75.9 Å². The van der Waals surface area contributed by atoms with Crippen molar-refractivity contribution in [2.75, 3.05) is 26.1 Å². The van der Waals surface area contributed by atoms with Crippen molar-refractivity contribution in [1.29, 1.82) is 0 Å². The van der Waals surface area contributed by atoms with Crippen molar-refractivity contribution in [2.45, 2.75) is 108 Å². The quantitative estimate of drug-likeness (QED) is 0.0958. The van der Waals surface area contributed by atoms with E-state index in [9.17, 15) is 32.7 Å². The van der Waals surface area contributed by atoms with Gasteiger partial charge in [0.05, 0.1) is 43.1 Å². The van der Waals surface area contributed by atoms with E-state index in [0.29, 0.717) is 78.1 Å². The Morgan fingerprint density at radius 3 is 2.44 bits per heavy atom. The molecular formula is C45H50ClF3N6O7. The Hall–Kier alpha value is -5.61. The van der Waals surface area contributed by atoms with Gasteiger partial charge in [-0.3, -0.25) is 19.9 Å². The summed E-state index contributed by atoms with van der Waals surface area (Å²) < 4.78 is 60.9. The molecule has 2 fully saturated rings. The van der Waals surface area contributed by atoms with Crippen LogP contribution in [0, 0.1) is 0 Å². The molecule has 330 valence electrons. The van der Waals surface area contributed by atoms with E-state index in [2.05, 4.69) is 25.9 Å². The second-order valence-electron chi connectivity index (χ2n) is 17.0. The minimum absolute atomic E-state index is 0.0424. The van der Waals surface area contributed by atoms with Crippen LogP contribution in [0.2, 0.25) is 5.02 Å². The van der Waals surface area contributed by atoms with Crippen molar-refractivity contribution >= 4 is 35.4 Å². The predicted molar refractivity (Wildman–Crippen MR) is 226 cm³/mol. The summed E-state index contributed by atoms with van der Waals surface area (Å²) in [6.07, 6.45) is -0.0341. The standard InChI is InChI=1S/C45H50ClF3N6O7/c1-43(2,3)62-42(59)55(24-28-14-15-36(56)52-28)23-26-13-12-25(21-35(26)60-4)38-37(46)32(16-19-50-38)30-8-6-10-31-29(30)9-7-11-34(31)53-39-33(45(47,48)49)20-27(40(54-39)61-5)22-51-44(17-18-44)41(57)58/h6,8,10,12-13,16,19-21,28,34,51H,7,9,11,14-15,17-18,22-24H2,1-5H3,(H,52,56)(H,53,54)(H,57,58)/t28-,34-/m0/s1. The van der Waals surface area contributed by atoms with Gasteiger partial charge in [-0.05, 0) is 94.2 Å². The van der Waals surface area contributed by atoms with Gasteiger partial charge in [-0.15, -0.1) is 0 Å². The Bertz CT molecular complexity index is 2370. The summed E-state index contributed by atoms with van der Waals surface area (Å²) >= 11 is 7.20. The minimum Gasteiger partial charge on any atom is -0.496 e. The van der Waals surface area contributed by atoms with Crippen molar-refractivity contribution < 1.29 is 46.9 Å². The molecule has 2 amide bonds. The smallest absolute Gasteiger partial charge is 0.419 e. The minimum atomic E-state index is -4.77. The van der Waals surface area contributed by atoms with E-state index in [1.165, 1.54) is 14.2 Å². The maximum atomic E-state index is 14.6. The lowest BCUT2D eigenvalue weighted by Crippen LogP contribution is -2.43. The van der Waals surface area contributed by atoms with Gasteiger partial charge < -0.3 is 34.9 Å². The summed E-state index contributed by atoms with van der Waals surface area (Å²) in [5.74, 6) is -1.06. The van der Waals surface area contributed by atoms with Crippen LogP contribution in [0.1, 0.15) is 93.2 Å². The monoisotopic (exact) mass is 878 g/mol. The van der Waals surface area contributed by atoms with E-state index in [1.807, 2.05) is 36.4 Å². The number of carboxylic acid groups (broad SMARTS) is 1. The molecule has 1 saturated heterocycles. The number of anilines is 1. The molecule has 0 radical (unpaired) electrons. The summed E-state index contributed by atoms with van der Waals surface area (Å²) in [6, 6.07) is 13.2. The first kappa shape index (κ1) is 44.4. The van der Waals surface area contributed by atoms with Gasteiger partial charge in [-0.1, -0.05) is 41.9 Å². The summed E-state index contributed by atoms with van der Waals surface area (Å²) in [5, 5.41) is 18.8. The molecule has 2 atom stereocenters. The molecule has 0 spiro atoms. The maximum absolute atomic E-state index is 14.6. The van der Waals surface area contributed by atoms with Crippen LogP contribution in [0.4, 0.5) is 23.8 Å². The fourth-order valence-electron chi connectivity index (χ4n) is 8.13. The normalized spacial score (nSPS) is 18.0. The number of benzene rings is 2. The number of methoxy groups -OCH3 is 2. The van der Waals surface area contributed by atoms with Gasteiger partial charge in [0.15, 0.2) is 0 Å². The largest absolute Gasteiger partial charge is 0.496 e. The number of nitrogens with one attached hydrogen (secondary N) is 3. The molecular weight excluding hydrogens is 829 g/mol. The molecule has 4 aromatic rings. The Labute approximate surface area is 362 Å². The lowest BCUT2D eigenvalue weighted by atomic mass is 9.83. The number of carboxylic acids is 1. The van der Waals surface area contributed by atoms with Crippen molar-refractivity contribution in [3.63, 3.8) is 0 Å². The Kier molecular flexibility index (Phi) is 12.6. The van der Waals surface area contributed by atoms with Crippen LogP contribution >= 0.6 is 11.6 Å². The number of pyridine rings is 2. The highest BCUT2D eigenvalue weighted by Gasteiger charge is 2.50. The van der Waals surface area contributed by atoms with Crippen LogP contribution < -0.4 is 25.4 Å². The fraction of sp³-hybridized carbons (Fsp3) is 0.444. The van der Waals surface area contributed by atoms with E-state index in [4.69, 9.17) is 25.8 Å². The number of hydrogen-bond donors (Lipinski definition) is 4. The molecule has 7 rings (SSSR count). The van der Waals surface area contributed by atoms with Gasteiger partial charge in [0.1, 0.15) is 22.7 Å². The Morgan fingerprint density at radius 2 is 1.79 bits per heavy atom. The van der Waals surface area contributed by atoms with Crippen molar-refractivity contribution in [1.82, 2.24) is 25.5 Å². The van der Waals surface area contributed by atoms with Gasteiger partial charge in [-0.2, -0.15) is 18.2 Å². The van der Waals surface area contributed by atoms with Crippen LogP contribution in [0.5, 0.6) is 11.6 Å². The van der Waals surface area contributed by atoms with Crippen LogP contribution in [0.15, 0.2) is 54.7 Å². The molecule has 13 nitrogen and oxygen atoms in total. The first-order chi connectivity index (χ1) is 29.4. The average molecular weight is 879 g/mol. The van der Waals surface area contributed by atoms with Crippen molar-refractivity contribution in [2.24, 2.45) is 0 Å². The van der Waals surface area contributed by atoms with E-state index >= 15 is 0 Å². The molecule has 4 N–H and O–H groups in total. The number of aliphatic carboxylic acids is 1. The van der Waals surface area contributed by atoms with Crippen LogP contribution in [-0.2, 0) is 40.0 Å². The van der Waals surface area contributed by atoms with Crippen molar-refractivity contribution in [3.8, 4) is 34.0 Å². The molecule has 2 aromatic carbocycles. The molecule has 1 aliphatic heterocycles. The summed E-state index contributed by atoms with van der Waals surface area (Å²) in [7, 11) is 2.84. The lowest BCUT2D eigenvalue weighted by molar-refractivity contribution is -0.141. The number of carbonyl (C=O) groups excluding carboxylic acids is 2. The average Bonchev–Trinajstić information content (AvgIpc) is 3.92. The highest BCUT2D eigenvalue weighted by atomic mass is 35.5. The molecule has 0 bridgehead atoms. The number of alkyl halides is 3. The number of ether oxygens (including phenoxy) is 3. The van der Waals surface area contributed by atoms with Crippen molar-refractivity contribution in [3.05, 3.63) is 87.6 Å². The first-order valence-electron chi connectivity index (χ1n) is 20.5. The first-order valence-corrected chi connectivity index (χ1v) is 20.9. The summed E-state index contributed by atoms with van der Waals surface area (Å²) in [4.78, 5) is 47.5. The van der Waals surface area contributed by atoms with E-state index in [-0.39, 0.29) is 48.8 Å². The Balaban J connectivity index is 1.16. The number of amides is 2. The van der Waals surface area contributed by atoms with Crippen LogP contribution in [0.3, 0.4) is 0 Å². The number of nitrogens with zero attached hydrogens (tertiary/aromatic N) is 3. The molecule has 62 heavy (non-hydrogen) atoms. The highest BCUT2D eigenvalue weighted by Crippen LogP contribution is 2.45. The zero-order valence-corrected chi connectivity index (χ0v) is 35.9. The molecule has 0 unspecified atom stereocenters. The number of carbonyl (C=O) groups is 3. The molecule has 3 heterocycles. The third-order valence-electron chi connectivity index (χ3n) is 11.4.